The Morgan fingerprint density at radius 1 is 1.21 bits per heavy atom. The number of rotatable bonds is 10. The summed E-state index contributed by atoms with van der Waals surface area (Å²) >= 11 is 0. The molecule has 1 aromatic rings. The summed E-state index contributed by atoms with van der Waals surface area (Å²) in [4.78, 5) is 33.1. The van der Waals surface area contributed by atoms with Crippen molar-refractivity contribution in [1.29, 1.82) is 0 Å². The van der Waals surface area contributed by atoms with Crippen molar-refractivity contribution < 1.29 is 28.3 Å². The molecule has 1 rings (SSSR count). The number of amides is 1. The number of nitro groups is 2. The summed E-state index contributed by atoms with van der Waals surface area (Å²) in [6.07, 6.45) is 1.89. The molecule has 1 atom stereocenters. The molecule has 0 radical (unpaired) electrons. The minimum absolute atomic E-state index is 0.323. The molecule has 1 N–H and O–H groups in total. The summed E-state index contributed by atoms with van der Waals surface area (Å²) in [7, 11) is -1.51. The molecular weight excluding hydrogens is 393 g/mol. The van der Waals surface area contributed by atoms with E-state index in [1.54, 1.807) is 19.9 Å². The van der Waals surface area contributed by atoms with Crippen molar-refractivity contribution in [2.24, 2.45) is 5.41 Å². The van der Waals surface area contributed by atoms with Gasteiger partial charge in [0.15, 0.2) is 0 Å². The quantitative estimate of drug-likeness (QED) is 0.263. The van der Waals surface area contributed by atoms with Crippen molar-refractivity contribution in [1.82, 2.24) is 5.32 Å². The Balaban J connectivity index is 3.43. The molecule has 0 saturated carbocycles. The predicted octanol–water partition coefficient (Wildman–Crippen LogP) is 3.65. The van der Waals surface area contributed by atoms with E-state index < -0.39 is 45.9 Å². The van der Waals surface area contributed by atoms with Gasteiger partial charge >= 0.3 is 7.60 Å². The van der Waals surface area contributed by atoms with Crippen LogP contribution in [0.4, 0.5) is 11.4 Å². The van der Waals surface area contributed by atoms with Gasteiger partial charge in [-0.25, -0.2) is 0 Å². The van der Waals surface area contributed by atoms with E-state index in [0.717, 1.165) is 32.4 Å². The molecule has 28 heavy (non-hydrogen) atoms. The first-order valence-electron chi connectivity index (χ1n) is 7.98. The lowest BCUT2D eigenvalue weighted by atomic mass is 9.88. The van der Waals surface area contributed by atoms with E-state index in [4.69, 9.17) is 9.05 Å². The van der Waals surface area contributed by atoms with E-state index in [2.05, 4.69) is 11.9 Å². The molecule has 0 fully saturated rings. The zero-order valence-corrected chi connectivity index (χ0v) is 16.8. The third-order valence-corrected chi connectivity index (χ3v) is 6.57. The molecule has 0 aliphatic carbocycles. The Kier molecular flexibility index (Phi) is 7.57. The fourth-order valence-electron chi connectivity index (χ4n) is 2.62. The van der Waals surface area contributed by atoms with Gasteiger partial charge in [-0.05, 0) is 6.42 Å². The SMILES string of the molecule is C=CCC(C)(C)[C@H](NC(=O)c1cc([N+](=O)[O-])cc([N+](=O)[O-])c1)P(=O)(OC)OC. The summed E-state index contributed by atoms with van der Waals surface area (Å²) in [6.45, 7) is 7.02. The van der Waals surface area contributed by atoms with Gasteiger partial charge in [-0.2, -0.15) is 0 Å². The number of nitro benzene ring substituents is 2. The van der Waals surface area contributed by atoms with E-state index in [1.165, 1.54) is 0 Å². The fraction of sp³-hybridized carbons (Fsp3) is 0.438. The molecule has 0 aromatic heterocycles. The molecule has 154 valence electrons. The average Bonchev–Trinajstić information content (AvgIpc) is 2.64. The number of nitrogens with one attached hydrogen (secondary N) is 1. The Labute approximate surface area is 161 Å². The highest BCUT2D eigenvalue weighted by molar-refractivity contribution is 7.54. The second kappa shape index (κ2) is 9.05. The van der Waals surface area contributed by atoms with Crippen LogP contribution in [0, 0.1) is 25.6 Å². The number of carbonyl (C=O) groups excluding carboxylic acids is 1. The van der Waals surface area contributed by atoms with Crippen LogP contribution in [0.5, 0.6) is 0 Å². The van der Waals surface area contributed by atoms with Gasteiger partial charge in [0.1, 0.15) is 5.78 Å². The van der Waals surface area contributed by atoms with Crippen LogP contribution in [0.3, 0.4) is 0 Å². The van der Waals surface area contributed by atoms with Crippen LogP contribution in [0.1, 0.15) is 30.6 Å². The number of carbonyl (C=O) groups is 1. The molecule has 0 spiro atoms. The molecule has 1 amide bonds. The van der Waals surface area contributed by atoms with E-state index in [0.29, 0.717) is 6.42 Å². The first-order valence-corrected chi connectivity index (χ1v) is 9.60. The summed E-state index contributed by atoms with van der Waals surface area (Å²) in [6, 6.07) is 2.53. The largest absolute Gasteiger partial charge is 0.352 e. The molecule has 0 unspecified atom stereocenters. The van der Waals surface area contributed by atoms with E-state index >= 15 is 0 Å². The topological polar surface area (TPSA) is 151 Å². The Hall–Kier alpha value is -2.62. The Morgan fingerprint density at radius 2 is 1.68 bits per heavy atom. The van der Waals surface area contributed by atoms with Gasteiger partial charge in [-0.1, -0.05) is 19.9 Å². The molecule has 1 aromatic carbocycles. The molecular formula is C16H22N3O8P. The summed E-state index contributed by atoms with van der Waals surface area (Å²) < 4.78 is 23.0. The summed E-state index contributed by atoms with van der Waals surface area (Å²) in [5, 5.41) is 24.5. The first kappa shape index (κ1) is 23.4. The zero-order valence-electron chi connectivity index (χ0n) is 15.9. The maximum atomic E-state index is 13.0. The van der Waals surface area contributed by atoms with Crippen LogP contribution in [-0.2, 0) is 13.6 Å². The first-order chi connectivity index (χ1) is 12.9. The van der Waals surface area contributed by atoms with Crippen LogP contribution in [0.25, 0.3) is 0 Å². The van der Waals surface area contributed by atoms with Crippen molar-refractivity contribution in [3.05, 3.63) is 56.6 Å². The highest BCUT2D eigenvalue weighted by atomic mass is 31.2. The van der Waals surface area contributed by atoms with Gasteiger partial charge < -0.3 is 14.4 Å². The van der Waals surface area contributed by atoms with Gasteiger partial charge in [0, 0.05) is 31.8 Å². The van der Waals surface area contributed by atoms with Crippen molar-refractivity contribution in [2.45, 2.75) is 26.1 Å². The van der Waals surface area contributed by atoms with Gasteiger partial charge in [-0.15, -0.1) is 6.58 Å². The van der Waals surface area contributed by atoms with Gasteiger partial charge in [0.25, 0.3) is 17.3 Å². The summed E-state index contributed by atoms with van der Waals surface area (Å²) in [5.41, 5.74) is -2.42. The molecule has 0 aliphatic rings. The van der Waals surface area contributed by atoms with Crippen molar-refractivity contribution >= 4 is 24.9 Å². The third kappa shape index (κ3) is 5.22. The number of benzene rings is 1. The van der Waals surface area contributed by atoms with Crippen LogP contribution in [0.15, 0.2) is 30.9 Å². The smallest absolute Gasteiger partial charge is 0.337 e. The van der Waals surface area contributed by atoms with Gasteiger partial charge in [0.2, 0.25) is 0 Å². The fourth-order valence-corrected chi connectivity index (χ4v) is 4.42. The normalized spacial score (nSPS) is 12.9. The molecule has 12 heteroatoms. The second-order valence-corrected chi connectivity index (χ2v) is 8.84. The van der Waals surface area contributed by atoms with Crippen molar-refractivity contribution in [3.8, 4) is 0 Å². The lowest BCUT2D eigenvalue weighted by Gasteiger charge is -2.37. The molecule has 0 bridgehead atoms. The van der Waals surface area contributed by atoms with E-state index in [1.807, 2.05) is 0 Å². The van der Waals surface area contributed by atoms with E-state index in [9.17, 15) is 29.6 Å². The average molecular weight is 415 g/mol. The van der Waals surface area contributed by atoms with Crippen molar-refractivity contribution in [3.63, 3.8) is 0 Å². The van der Waals surface area contributed by atoms with Gasteiger partial charge in [-0.3, -0.25) is 29.6 Å². The molecule has 0 aliphatic heterocycles. The number of non-ortho nitro benzene ring substituents is 2. The Morgan fingerprint density at radius 3 is 2.04 bits per heavy atom. The number of hydrogen-bond donors (Lipinski definition) is 1. The van der Waals surface area contributed by atoms with Crippen LogP contribution < -0.4 is 5.32 Å². The lowest BCUT2D eigenvalue weighted by Crippen LogP contribution is -2.45. The molecule has 0 heterocycles. The van der Waals surface area contributed by atoms with Crippen molar-refractivity contribution in [2.75, 3.05) is 14.2 Å². The Bertz CT molecular complexity index is 799. The maximum Gasteiger partial charge on any atom is 0.352 e. The summed E-state index contributed by atoms with van der Waals surface area (Å²) in [5.74, 6) is -2.05. The minimum Gasteiger partial charge on any atom is -0.337 e. The van der Waals surface area contributed by atoms with Crippen LogP contribution in [-0.4, -0.2) is 35.8 Å². The number of hydrogen-bond acceptors (Lipinski definition) is 8. The number of nitrogens with zero attached hydrogens (tertiary/aromatic N) is 2. The number of allylic oxidation sites excluding steroid dienone is 1. The zero-order chi connectivity index (χ0) is 21.7. The van der Waals surface area contributed by atoms with E-state index in [-0.39, 0.29) is 5.56 Å². The molecule has 11 nitrogen and oxygen atoms in total. The van der Waals surface area contributed by atoms with Crippen LogP contribution in [0.2, 0.25) is 0 Å². The highest BCUT2D eigenvalue weighted by Crippen LogP contribution is 2.57. The monoisotopic (exact) mass is 415 g/mol. The van der Waals surface area contributed by atoms with Gasteiger partial charge in [0.05, 0.1) is 21.5 Å². The highest BCUT2D eigenvalue weighted by Gasteiger charge is 2.45. The minimum atomic E-state index is -3.83. The van der Waals surface area contributed by atoms with Crippen LogP contribution >= 0.6 is 7.60 Å². The standard InChI is InChI=1S/C16H22N3O8P/c1-6-7-16(2,3)15(28(25,26-4)27-5)17-14(20)11-8-12(18(21)22)10-13(9-11)19(23)24/h6,8-10,15H,1,7H2,2-5H3,(H,17,20)/t15-/m1/s1. The lowest BCUT2D eigenvalue weighted by molar-refractivity contribution is -0.394. The third-order valence-electron chi connectivity index (χ3n) is 4.09. The maximum absolute atomic E-state index is 13.0. The molecule has 0 saturated heterocycles. The predicted molar refractivity (Wildman–Crippen MR) is 101 cm³/mol. The second-order valence-electron chi connectivity index (χ2n) is 6.51.